The van der Waals surface area contributed by atoms with Crippen molar-refractivity contribution >= 4 is 23.7 Å². The molecule has 0 atom stereocenters. The maximum absolute atomic E-state index is 12.0. The molecule has 1 N–H and O–H groups in total. The molecule has 6 heteroatoms. The van der Waals surface area contributed by atoms with Crippen molar-refractivity contribution in [1.82, 2.24) is 15.1 Å². The third-order valence-electron chi connectivity index (χ3n) is 2.88. The van der Waals surface area contributed by atoms with Crippen molar-refractivity contribution in [2.75, 3.05) is 38.5 Å². The van der Waals surface area contributed by atoms with Gasteiger partial charge in [0.15, 0.2) is 0 Å². The molecule has 0 spiro atoms. The van der Waals surface area contributed by atoms with E-state index in [1.807, 2.05) is 11.8 Å². The number of carbonyl (C=O) groups is 2. The van der Waals surface area contributed by atoms with Gasteiger partial charge in [0, 0.05) is 37.5 Å². The second-order valence-electron chi connectivity index (χ2n) is 5.60. The molecular formula is C13H25N3O2S. The molecule has 19 heavy (non-hydrogen) atoms. The number of thioether (sulfide) groups is 1. The zero-order valence-electron chi connectivity index (χ0n) is 12.4. The second kappa shape index (κ2) is 7.03. The van der Waals surface area contributed by atoms with Gasteiger partial charge in [0.1, 0.15) is 0 Å². The van der Waals surface area contributed by atoms with Crippen LogP contribution in [-0.2, 0) is 4.79 Å². The summed E-state index contributed by atoms with van der Waals surface area (Å²) >= 11 is 1.67. The third kappa shape index (κ3) is 5.72. The fourth-order valence-corrected chi connectivity index (χ4v) is 2.53. The predicted octanol–water partition coefficient (Wildman–Crippen LogP) is 1.39. The number of nitrogens with zero attached hydrogens (tertiary/aromatic N) is 2. The van der Waals surface area contributed by atoms with Crippen molar-refractivity contribution in [3.63, 3.8) is 0 Å². The normalized spacial score (nSPS) is 16.4. The Kier molecular flexibility index (Phi) is 5.97. The van der Waals surface area contributed by atoms with Crippen LogP contribution in [0, 0.1) is 0 Å². The van der Waals surface area contributed by atoms with Gasteiger partial charge in [0.05, 0.1) is 5.75 Å². The van der Waals surface area contributed by atoms with Gasteiger partial charge >= 0.3 is 6.03 Å². The summed E-state index contributed by atoms with van der Waals surface area (Å²) in [6.07, 6.45) is 0. The molecule has 0 aliphatic carbocycles. The molecule has 1 aliphatic rings. The quantitative estimate of drug-likeness (QED) is 0.853. The summed E-state index contributed by atoms with van der Waals surface area (Å²) in [4.78, 5) is 27.3. The molecule has 1 rings (SSSR count). The summed E-state index contributed by atoms with van der Waals surface area (Å²) in [7, 11) is 0. The summed E-state index contributed by atoms with van der Waals surface area (Å²) in [5, 5.41) is 2.78. The second-order valence-corrected chi connectivity index (χ2v) is 7.41. The van der Waals surface area contributed by atoms with Gasteiger partial charge in [0.25, 0.3) is 0 Å². The molecule has 5 nitrogen and oxygen atoms in total. The van der Waals surface area contributed by atoms with Gasteiger partial charge in [-0.1, -0.05) is 20.8 Å². The molecule has 0 radical (unpaired) electrons. The summed E-state index contributed by atoms with van der Waals surface area (Å²) in [5.41, 5.74) is 0. The molecule has 0 saturated carbocycles. The lowest BCUT2D eigenvalue weighted by Crippen LogP contribution is -2.53. The molecule has 1 fully saturated rings. The number of amides is 3. The summed E-state index contributed by atoms with van der Waals surface area (Å²) in [6, 6.07) is -0.0290. The Hall–Kier alpha value is -0.910. The molecule has 0 unspecified atom stereocenters. The van der Waals surface area contributed by atoms with Crippen LogP contribution in [0.5, 0.6) is 0 Å². The van der Waals surface area contributed by atoms with Crippen molar-refractivity contribution in [3.8, 4) is 0 Å². The summed E-state index contributed by atoms with van der Waals surface area (Å²) in [5.74, 6) is 0.695. The molecule has 0 aromatic carbocycles. The fraction of sp³-hybridized carbons (Fsp3) is 0.846. The van der Waals surface area contributed by atoms with Crippen molar-refractivity contribution < 1.29 is 9.59 Å². The van der Waals surface area contributed by atoms with Gasteiger partial charge < -0.3 is 15.1 Å². The number of urea groups is 1. The summed E-state index contributed by atoms with van der Waals surface area (Å²) < 4.78 is 0.110. The maximum atomic E-state index is 12.0. The maximum Gasteiger partial charge on any atom is 0.317 e. The monoisotopic (exact) mass is 287 g/mol. The Balaban J connectivity index is 2.33. The van der Waals surface area contributed by atoms with E-state index in [0.717, 1.165) is 0 Å². The van der Waals surface area contributed by atoms with Crippen molar-refractivity contribution in [1.29, 1.82) is 0 Å². The molecule has 110 valence electrons. The first-order valence-electron chi connectivity index (χ1n) is 6.78. The van der Waals surface area contributed by atoms with E-state index in [1.54, 1.807) is 16.7 Å². The average Bonchev–Trinajstić information content (AvgIpc) is 2.35. The van der Waals surface area contributed by atoms with Crippen LogP contribution in [0.15, 0.2) is 0 Å². The van der Waals surface area contributed by atoms with Crippen LogP contribution in [0.3, 0.4) is 0 Å². The predicted molar refractivity (Wildman–Crippen MR) is 79.4 cm³/mol. The highest BCUT2D eigenvalue weighted by Gasteiger charge is 2.24. The van der Waals surface area contributed by atoms with Crippen LogP contribution >= 0.6 is 11.8 Å². The first kappa shape index (κ1) is 16.1. The number of carbonyl (C=O) groups excluding carboxylic acids is 2. The van der Waals surface area contributed by atoms with Crippen LogP contribution in [0.2, 0.25) is 0 Å². The van der Waals surface area contributed by atoms with E-state index in [4.69, 9.17) is 0 Å². The molecule has 0 aromatic rings. The summed E-state index contributed by atoms with van der Waals surface area (Å²) in [6.45, 7) is 11.4. The van der Waals surface area contributed by atoms with Crippen LogP contribution in [0.1, 0.15) is 27.7 Å². The van der Waals surface area contributed by atoms with Crippen LogP contribution in [-0.4, -0.2) is 65.0 Å². The third-order valence-corrected chi connectivity index (χ3v) is 4.13. The Morgan fingerprint density at radius 1 is 1.11 bits per heavy atom. The highest BCUT2D eigenvalue weighted by atomic mass is 32.2. The van der Waals surface area contributed by atoms with E-state index in [-0.39, 0.29) is 16.7 Å². The van der Waals surface area contributed by atoms with Gasteiger partial charge in [-0.05, 0) is 6.92 Å². The van der Waals surface area contributed by atoms with E-state index in [0.29, 0.717) is 38.5 Å². The highest BCUT2D eigenvalue weighted by Crippen LogP contribution is 2.23. The van der Waals surface area contributed by atoms with Crippen LogP contribution < -0.4 is 5.32 Å². The average molecular weight is 287 g/mol. The van der Waals surface area contributed by atoms with E-state index < -0.39 is 0 Å². The molecule has 1 heterocycles. The standard InChI is InChI=1S/C13H25N3O2S/c1-5-14-12(18)16-8-6-15(7-9-16)11(17)10-19-13(2,3)4/h5-10H2,1-4H3,(H,14,18). The highest BCUT2D eigenvalue weighted by molar-refractivity contribution is 8.01. The molecular weight excluding hydrogens is 262 g/mol. The van der Waals surface area contributed by atoms with Crippen molar-refractivity contribution in [3.05, 3.63) is 0 Å². The first-order chi connectivity index (χ1) is 8.83. The van der Waals surface area contributed by atoms with Gasteiger partial charge in [-0.3, -0.25) is 4.79 Å². The Bertz CT molecular complexity index is 320. The van der Waals surface area contributed by atoms with Gasteiger partial charge in [-0.2, -0.15) is 0 Å². The van der Waals surface area contributed by atoms with E-state index >= 15 is 0 Å². The number of hydrogen-bond acceptors (Lipinski definition) is 3. The number of nitrogens with one attached hydrogen (secondary N) is 1. The van der Waals surface area contributed by atoms with Crippen LogP contribution in [0.4, 0.5) is 4.79 Å². The van der Waals surface area contributed by atoms with Crippen molar-refractivity contribution in [2.24, 2.45) is 0 Å². The minimum absolute atomic E-state index is 0.0290. The van der Waals surface area contributed by atoms with E-state index in [2.05, 4.69) is 26.1 Å². The van der Waals surface area contributed by atoms with E-state index in [1.165, 1.54) is 0 Å². The largest absolute Gasteiger partial charge is 0.338 e. The molecule has 0 bridgehead atoms. The zero-order valence-corrected chi connectivity index (χ0v) is 13.2. The number of hydrogen-bond donors (Lipinski definition) is 1. The van der Waals surface area contributed by atoms with Crippen molar-refractivity contribution in [2.45, 2.75) is 32.4 Å². The SMILES string of the molecule is CCNC(=O)N1CCN(C(=O)CSC(C)(C)C)CC1. The molecule has 1 saturated heterocycles. The molecule has 0 aromatic heterocycles. The zero-order chi connectivity index (χ0) is 14.5. The lowest BCUT2D eigenvalue weighted by Gasteiger charge is -2.35. The number of piperazine rings is 1. The minimum atomic E-state index is -0.0290. The Morgan fingerprint density at radius 3 is 2.11 bits per heavy atom. The molecule has 1 aliphatic heterocycles. The van der Waals surface area contributed by atoms with Gasteiger partial charge in [0.2, 0.25) is 5.91 Å². The lowest BCUT2D eigenvalue weighted by atomic mass is 10.3. The molecule has 3 amide bonds. The van der Waals surface area contributed by atoms with Gasteiger partial charge in [-0.15, -0.1) is 11.8 Å². The smallest absolute Gasteiger partial charge is 0.317 e. The minimum Gasteiger partial charge on any atom is -0.338 e. The number of rotatable bonds is 3. The van der Waals surface area contributed by atoms with E-state index in [9.17, 15) is 9.59 Å². The lowest BCUT2D eigenvalue weighted by molar-refractivity contribution is -0.129. The topological polar surface area (TPSA) is 52.7 Å². The Labute approximate surface area is 120 Å². The first-order valence-corrected chi connectivity index (χ1v) is 7.76. The fourth-order valence-electron chi connectivity index (χ4n) is 1.79. The van der Waals surface area contributed by atoms with Crippen LogP contribution in [0.25, 0.3) is 0 Å². The Morgan fingerprint density at radius 2 is 1.63 bits per heavy atom. The van der Waals surface area contributed by atoms with Gasteiger partial charge in [-0.25, -0.2) is 4.79 Å².